The van der Waals surface area contributed by atoms with E-state index in [-0.39, 0.29) is 18.5 Å². The third kappa shape index (κ3) is 79.1. The molecule has 2 unspecified atom stereocenters. The molecule has 3 N–H and O–H groups in total. The molecule has 0 aromatic carbocycles. The van der Waals surface area contributed by atoms with E-state index in [1.165, 1.54) is 411 Å². The van der Waals surface area contributed by atoms with Gasteiger partial charge in [-0.3, -0.25) is 9.59 Å². The first-order valence-corrected chi connectivity index (χ1v) is 43.3. The van der Waals surface area contributed by atoms with E-state index in [9.17, 15) is 19.8 Å². The molecular weight excluding hydrogens is 1150 g/mol. The van der Waals surface area contributed by atoms with Gasteiger partial charge in [0.1, 0.15) is 0 Å². The number of nitrogens with one attached hydrogen (secondary N) is 1. The Morgan fingerprint density at radius 1 is 0.298 bits per heavy atom. The first-order valence-electron chi connectivity index (χ1n) is 43.3. The van der Waals surface area contributed by atoms with E-state index in [2.05, 4.69) is 43.5 Å². The number of aliphatic hydroxyl groups is 2. The van der Waals surface area contributed by atoms with Gasteiger partial charge in [-0.2, -0.15) is 0 Å². The van der Waals surface area contributed by atoms with E-state index in [0.29, 0.717) is 19.4 Å². The van der Waals surface area contributed by atoms with Gasteiger partial charge in [0.05, 0.1) is 25.4 Å². The van der Waals surface area contributed by atoms with Crippen molar-refractivity contribution >= 4 is 11.9 Å². The van der Waals surface area contributed by atoms with Crippen LogP contribution in [0.3, 0.4) is 0 Å². The van der Waals surface area contributed by atoms with Crippen LogP contribution in [0, 0.1) is 0 Å². The van der Waals surface area contributed by atoms with Gasteiger partial charge in [-0.15, -0.1) is 0 Å². The van der Waals surface area contributed by atoms with Crippen molar-refractivity contribution in [1.29, 1.82) is 0 Å². The van der Waals surface area contributed by atoms with Crippen LogP contribution in [0.2, 0.25) is 0 Å². The maximum atomic E-state index is 12.6. The number of amides is 1. The molecule has 0 radical (unpaired) electrons. The van der Waals surface area contributed by atoms with Crippen molar-refractivity contribution in [3.05, 3.63) is 36.5 Å². The maximum absolute atomic E-state index is 12.6. The van der Waals surface area contributed by atoms with E-state index in [1.54, 1.807) is 6.08 Å². The SMILES string of the molecule is CCCCC/C=C\C/C=C\CCCCCCCCCC(=O)OCCCCCCCCCCCCCCCCCCCCCCCCCCCCCCCCCCCCCC(=O)NC(CO)C(O)/C=C/CCCCCCCCCCCCCCCCCCCCCCCCC. The molecule has 0 saturated carbocycles. The van der Waals surface area contributed by atoms with Crippen LogP contribution in [0.25, 0.3) is 0 Å². The summed E-state index contributed by atoms with van der Waals surface area (Å²) in [6.07, 6.45) is 110. The highest BCUT2D eigenvalue weighted by atomic mass is 16.5. The van der Waals surface area contributed by atoms with E-state index in [1.807, 2.05) is 6.08 Å². The summed E-state index contributed by atoms with van der Waals surface area (Å²) in [5.41, 5.74) is 0. The van der Waals surface area contributed by atoms with Crippen LogP contribution in [-0.2, 0) is 14.3 Å². The van der Waals surface area contributed by atoms with E-state index in [0.717, 1.165) is 51.4 Å². The molecule has 0 fully saturated rings. The van der Waals surface area contributed by atoms with Crippen LogP contribution in [0.5, 0.6) is 0 Å². The molecule has 0 spiro atoms. The number of hydrogen-bond donors (Lipinski definition) is 3. The minimum absolute atomic E-state index is 0.0155. The van der Waals surface area contributed by atoms with Crippen molar-refractivity contribution in [1.82, 2.24) is 5.32 Å². The smallest absolute Gasteiger partial charge is 0.305 e. The third-order valence-electron chi connectivity index (χ3n) is 20.4. The molecule has 0 aliphatic carbocycles. The fourth-order valence-electron chi connectivity index (χ4n) is 13.8. The summed E-state index contributed by atoms with van der Waals surface area (Å²) in [5, 5.41) is 23.3. The minimum atomic E-state index is -0.843. The number of carbonyl (C=O) groups is 2. The largest absolute Gasteiger partial charge is 0.466 e. The summed E-state index contributed by atoms with van der Waals surface area (Å²) in [6, 6.07) is -0.626. The zero-order valence-electron chi connectivity index (χ0n) is 64.0. The zero-order valence-corrected chi connectivity index (χ0v) is 64.0. The molecule has 6 nitrogen and oxygen atoms in total. The number of aliphatic hydroxyl groups excluding tert-OH is 2. The van der Waals surface area contributed by atoms with Crippen molar-refractivity contribution in [2.75, 3.05) is 13.2 Å². The van der Waals surface area contributed by atoms with Gasteiger partial charge in [0.2, 0.25) is 5.91 Å². The van der Waals surface area contributed by atoms with Crippen LogP contribution in [0.4, 0.5) is 0 Å². The van der Waals surface area contributed by atoms with E-state index < -0.39 is 12.1 Å². The Morgan fingerprint density at radius 3 is 0.830 bits per heavy atom. The summed E-state index contributed by atoms with van der Waals surface area (Å²) >= 11 is 0. The lowest BCUT2D eigenvalue weighted by Crippen LogP contribution is -2.45. The summed E-state index contributed by atoms with van der Waals surface area (Å²) < 4.78 is 5.51. The first-order chi connectivity index (χ1) is 46.5. The van der Waals surface area contributed by atoms with Crippen LogP contribution in [0.15, 0.2) is 36.5 Å². The van der Waals surface area contributed by atoms with E-state index >= 15 is 0 Å². The zero-order chi connectivity index (χ0) is 67.7. The normalized spacial score (nSPS) is 12.6. The number of allylic oxidation sites excluding steroid dienone is 5. The Kier molecular flexibility index (Phi) is 81.8. The molecule has 0 aliphatic heterocycles. The molecule has 0 heterocycles. The second kappa shape index (κ2) is 83.5. The van der Waals surface area contributed by atoms with Gasteiger partial charge >= 0.3 is 5.97 Å². The fraction of sp³-hybridized carbons (Fsp3) is 0.909. The van der Waals surface area contributed by atoms with Crippen molar-refractivity contribution in [2.24, 2.45) is 0 Å². The summed E-state index contributed by atoms with van der Waals surface area (Å²) in [6.45, 7) is 4.93. The highest BCUT2D eigenvalue weighted by Gasteiger charge is 2.18. The van der Waals surface area contributed by atoms with Gasteiger partial charge in [-0.1, -0.05) is 448 Å². The summed E-state index contributed by atoms with van der Waals surface area (Å²) in [5.74, 6) is -0.0415. The predicted molar refractivity (Wildman–Crippen MR) is 416 cm³/mol. The number of rotatable bonds is 82. The molecule has 0 aromatic rings. The number of esters is 1. The van der Waals surface area contributed by atoms with Crippen LogP contribution in [0.1, 0.15) is 489 Å². The van der Waals surface area contributed by atoms with Gasteiger partial charge in [-0.05, 0) is 64.2 Å². The quantitative estimate of drug-likeness (QED) is 0.0320. The van der Waals surface area contributed by atoms with Gasteiger partial charge < -0.3 is 20.3 Å². The second-order valence-corrected chi connectivity index (χ2v) is 29.9. The molecule has 94 heavy (non-hydrogen) atoms. The Hall–Kier alpha value is -1.92. The van der Waals surface area contributed by atoms with Gasteiger partial charge in [0.25, 0.3) is 0 Å². The minimum Gasteiger partial charge on any atom is -0.466 e. The molecule has 0 rings (SSSR count). The molecule has 0 saturated heterocycles. The Labute approximate surface area is 589 Å². The Morgan fingerprint density at radius 2 is 0.532 bits per heavy atom. The summed E-state index contributed by atoms with van der Waals surface area (Å²) in [4.78, 5) is 24.7. The maximum Gasteiger partial charge on any atom is 0.305 e. The Balaban J connectivity index is 3.34. The van der Waals surface area contributed by atoms with Crippen LogP contribution >= 0.6 is 0 Å². The molecule has 0 aliphatic rings. The van der Waals surface area contributed by atoms with Crippen LogP contribution in [-0.4, -0.2) is 47.4 Å². The molecule has 0 aromatic heterocycles. The van der Waals surface area contributed by atoms with Crippen molar-refractivity contribution in [3.63, 3.8) is 0 Å². The van der Waals surface area contributed by atoms with Gasteiger partial charge in [-0.25, -0.2) is 0 Å². The number of ether oxygens (including phenoxy) is 1. The Bertz CT molecular complexity index is 1520. The molecule has 556 valence electrons. The van der Waals surface area contributed by atoms with Crippen molar-refractivity contribution in [2.45, 2.75) is 501 Å². The lowest BCUT2D eigenvalue weighted by atomic mass is 10.0. The number of carbonyl (C=O) groups excluding carboxylic acids is 2. The monoisotopic (exact) mass is 1320 g/mol. The lowest BCUT2D eigenvalue weighted by molar-refractivity contribution is -0.143. The molecule has 1 amide bonds. The first kappa shape index (κ1) is 92.1. The highest BCUT2D eigenvalue weighted by Crippen LogP contribution is 2.21. The van der Waals surface area contributed by atoms with E-state index in [4.69, 9.17) is 4.74 Å². The molecule has 2 atom stereocenters. The molecule has 0 bridgehead atoms. The second-order valence-electron chi connectivity index (χ2n) is 29.9. The standard InChI is InChI=1S/C88H169NO5/c1-3-5-7-9-11-13-15-17-19-21-22-23-24-36-39-42-45-49-52-56-60-64-68-72-76-80-86(91)85(84-90)89-87(92)81-77-73-69-65-61-57-53-50-46-43-40-37-34-32-30-28-26-25-27-29-31-33-35-38-41-44-47-51-55-59-63-67-71-75-79-83-94-88(93)82-78-74-70-66-62-58-54-48-20-18-16-14-12-10-8-6-4-2/h12,14,18,20,76,80,85-86,90-91H,3-11,13,15-17,19,21-75,77-79,81-84H2,1-2H3,(H,89,92)/b14-12-,20-18-,80-76+. The van der Waals surface area contributed by atoms with Crippen molar-refractivity contribution in [3.8, 4) is 0 Å². The van der Waals surface area contributed by atoms with Gasteiger partial charge in [0, 0.05) is 12.8 Å². The molecule has 6 heteroatoms. The predicted octanol–water partition coefficient (Wildman–Crippen LogP) is 28.9. The van der Waals surface area contributed by atoms with Crippen molar-refractivity contribution < 1.29 is 24.5 Å². The summed E-state index contributed by atoms with van der Waals surface area (Å²) in [7, 11) is 0. The number of unbranched alkanes of at least 4 members (excludes halogenated alkanes) is 67. The average Bonchev–Trinajstić information content (AvgIpc) is 3.67. The lowest BCUT2D eigenvalue weighted by Gasteiger charge is -2.20. The fourth-order valence-corrected chi connectivity index (χ4v) is 13.8. The molecular formula is C88H169NO5. The highest BCUT2D eigenvalue weighted by molar-refractivity contribution is 5.76. The number of hydrogen-bond acceptors (Lipinski definition) is 5. The van der Waals surface area contributed by atoms with Crippen LogP contribution < -0.4 is 5.32 Å². The average molecular weight is 1320 g/mol. The van der Waals surface area contributed by atoms with Gasteiger partial charge in [0.15, 0.2) is 0 Å². The third-order valence-corrected chi connectivity index (χ3v) is 20.4. The topological polar surface area (TPSA) is 95.9 Å².